The van der Waals surface area contributed by atoms with Crippen LogP contribution in [-0.4, -0.2) is 32.8 Å². The van der Waals surface area contributed by atoms with Gasteiger partial charge in [-0.3, -0.25) is 0 Å². The molecule has 0 aliphatic carbocycles. The summed E-state index contributed by atoms with van der Waals surface area (Å²) in [6.45, 7) is 5.31. The van der Waals surface area contributed by atoms with E-state index in [1.165, 1.54) is 12.0 Å². The number of nitrogens with one attached hydrogen (secondary N) is 1. The molecule has 1 N–H and O–H groups in total. The molecule has 2 aromatic rings. The molecule has 1 aliphatic rings. The molecule has 3 rings (SSSR count). The van der Waals surface area contributed by atoms with E-state index in [9.17, 15) is 0 Å². The molecule has 0 saturated carbocycles. The second-order valence-electron chi connectivity index (χ2n) is 5.37. The van der Waals surface area contributed by atoms with E-state index in [0.29, 0.717) is 5.89 Å². The van der Waals surface area contributed by atoms with E-state index in [-0.39, 0.29) is 5.41 Å². The monoisotopic (exact) mass is 261 g/mol. The fourth-order valence-corrected chi connectivity index (χ4v) is 2.76. The largest absolute Gasteiger partial charge is 0.340 e. The van der Waals surface area contributed by atoms with E-state index in [4.69, 9.17) is 4.52 Å². The predicted molar refractivity (Wildman–Crippen MR) is 69.7 cm³/mol. The standard InChI is InChI=1S/C13H19N5O/c1-13(3-5-14-6-4-13)11-8-15-10-18(11)7-2-12-16-9-17-19-12/h8-10,14H,2-7H2,1H3. The van der Waals surface area contributed by atoms with Gasteiger partial charge in [0.1, 0.15) is 0 Å². The number of hydrogen-bond donors (Lipinski definition) is 1. The summed E-state index contributed by atoms with van der Waals surface area (Å²) in [5.41, 5.74) is 1.53. The molecule has 0 amide bonds. The molecule has 0 radical (unpaired) electrons. The fourth-order valence-electron chi connectivity index (χ4n) is 2.76. The van der Waals surface area contributed by atoms with Crippen LogP contribution in [0.25, 0.3) is 0 Å². The molecule has 0 atom stereocenters. The third-order valence-corrected chi connectivity index (χ3v) is 4.01. The lowest BCUT2D eigenvalue weighted by Crippen LogP contribution is -2.39. The van der Waals surface area contributed by atoms with E-state index in [1.54, 1.807) is 0 Å². The lowest BCUT2D eigenvalue weighted by Gasteiger charge is -2.34. The summed E-state index contributed by atoms with van der Waals surface area (Å²) in [5.74, 6) is 0.676. The molecule has 1 saturated heterocycles. The molecule has 0 aromatic carbocycles. The first-order chi connectivity index (χ1) is 9.28. The van der Waals surface area contributed by atoms with Crippen LogP contribution in [0, 0.1) is 0 Å². The minimum Gasteiger partial charge on any atom is -0.340 e. The van der Waals surface area contributed by atoms with Crippen LogP contribution < -0.4 is 5.32 Å². The Labute approximate surface area is 112 Å². The molecule has 2 aromatic heterocycles. The second kappa shape index (κ2) is 5.13. The fraction of sp³-hybridized carbons (Fsp3) is 0.615. The normalized spacial score (nSPS) is 18.6. The van der Waals surface area contributed by atoms with Crippen LogP contribution in [0.2, 0.25) is 0 Å². The Kier molecular flexibility index (Phi) is 3.33. The summed E-state index contributed by atoms with van der Waals surface area (Å²) >= 11 is 0. The zero-order valence-electron chi connectivity index (χ0n) is 11.2. The van der Waals surface area contributed by atoms with Crippen molar-refractivity contribution in [2.45, 2.75) is 38.1 Å². The zero-order chi connectivity index (χ0) is 13.1. The molecule has 0 unspecified atom stereocenters. The molecule has 1 fully saturated rings. The Morgan fingerprint density at radius 2 is 2.26 bits per heavy atom. The molecule has 102 valence electrons. The van der Waals surface area contributed by atoms with Gasteiger partial charge in [0.25, 0.3) is 0 Å². The minimum atomic E-state index is 0.219. The lowest BCUT2D eigenvalue weighted by molar-refractivity contribution is 0.313. The van der Waals surface area contributed by atoms with Crippen molar-refractivity contribution in [3.05, 3.63) is 30.4 Å². The van der Waals surface area contributed by atoms with Crippen LogP contribution in [0.4, 0.5) is 0 Å². The molecule has 1 aliphatic heterocycles. The summed E-state index contributed by atoms with van der Waals surface area (Å²) in [5, 5.41) is 7.04. The summed E-state index contributed by atoms with van der Waals surface area (Å²) < 4.78 is 7.26. The van der Waals surface area contributed by atoms with Crippen molar-refractivity contribution in [3.63, 3.8) is 0 Å². The average molecular weight is 261 g/mol. The van der Waals surface area contributed by atoms with Crippen molar-refractivity contribution < 1.29 is 4.52 Å². The average Bonchev–Trinajstić information content (AvgIpc) is 3.09. The van der Waals surface area contributed by atoms with E-state index >= 15 is 0 Å². The second-order valence-corrected chi connectivity index (χ2v) is 5.37. The number of rotatable bonds is 4. The summed E-state index contributed by atoms with van der Waals surface area (Å²) in [6, 6.07) is 0. The highest BCUT2D eigenvalue weighted by Gasteiger charge is 2.31. The number of aryl methyl sites for hydroxylation is 2. The topological polar surface area (TPSA) is 68.8 Å². The van der Waals surface area contributed by atoms with Gasteiger partial charge in [-0.2, -0.15) is 4.98 Å². The first-order valence-electron chi connectivity index (χ1n) is 6.75. The smallest absolute Gasteiger partial charge is 0.228 e. The highest BCUT2D eigenvalue weighted by Crippen LogP contribution is 2.32. The van der Waals surface area contributed by atoms with Crippen LogP contribution >= 0.6 is 0 Å². The maximum atomic E-state index is 5.04. The van der Waals surface area contributed by atoms with Crippen LogP contribution in [0.15, 0.2) is 23.4 Å². The Balaban J connectivity index is 1.74. The molecule has 6 nitrogen and oxygen atoms in total. The third kappa shape index (κ3) is 2.53. The molecule has 0 bridgehead atoms. The first kappa shape index (κ1) is 12.3. The van der Waals surface area contributed by atoms with Crippen LogP contribution in [0.3, 0.4) is 0 Å². The van der Waals surface area contributed by atoms with Crippen LogP contribution in [0.5, 0.6) is 0 Å². The number of nitrogens with zero attached hydrogens (tertiary/aromatic N) is 4. The van der Waals surface area contributed by atoms with Gasteiger partial charge in [-0.05, 0) is 25.9 Å². The van der Waals surface area contributed by atoms with Crippen molar-refractivity contribution in [3.8, 4) is 0 Å². The van der Waals surface area contributed by atoms with Crippen LogP contribution in [-0.2, 0) is 18.4 Å². The molecular weight excluding hydrogens is 242 g/mol. The SMILES string of the molecule is CC1(c2cncn2CCc2ncno2)CCNCC1. The van der Waals surface area contributed by atoms with Gasteiger partial charge in [0.2, 0.25) is 5.89 Å². The van der Waals surface area contributed by atoms with Crippen molar-refractivity contribution in [1.29, 1.82) is 0 Å². The number of hydrogen-bond acceptors (Lipinski definition) is 5. The highest BCUT2D eigenvalue weighted by atomic mass is 16.5. The zero-order valence-corrected chi connectivity index (χ0v) is 11.2. The third-order valence-electron chi connectivity index (χ3n) is 4.01. The summed E-state index contributed by atoms with van der Waals surface area (Å²) in [7, 11) is 0. The maximum Gasteiger partial charge on any atom is 0.228 e. The quantitative estimate of drug-likeness (QED) is 0.894. The first-order valence-corrected chi connectivity index (χ1v) is 6.75. The van der Waals surface area contributed by atoms with E-state index in [1.807, 2.05) is 12.5 Å². The van der Waals surface area contributed by atoms with Crippen molar-refractivity contribution in [2.24, 2.45) is 0 Å². The Morgan fingerprint density at radius 1 is 1.42 bits per heavy atom. The van der Waals surface area contributed by atoms with Gasteiger partial charge < -0.3 is 14.4 Å². The maximum absolute atomic E-state index is 5.04. The molecule has 19 heavy (non-hydrogen) atoms. The summed E-state index contributed by atoms with van der Waals surface area (Å²) in [6.07, 6.45) is 8.40. The predicted octanol–water partition coefficient (Wildman–Crippen LogP) is 1.15. The van der Waals surface area contributed by atoms with Gasteiger partial charge in [0.05, 0.1) is 6.33 Å². The minimum absolute atomic E-state index is 0.219. The van der Waals surface area contributed by atoms with Crippen molar-refractivity contribution in [1.82, 2.24) is 25.0 Å². The Morgan fingerprint density at radius 3 is 3.00 bits per heavy atom. The van der Waals surface area contributed by atoms with Gasteiger partial charge in [0.15, 0.2) is 6.33 Å². The van der Waals surface area contributed by atoms with Gasteiger partial charge in [-0.15, -0.1) is 0 Å². The number of aromatic nitrogens is 4. The number of imidazole rings is 1. The molecule has 3 heterocycles. The van der Waals surface area contributed by atoms with Gasteiger partial charge in [-0.1, -0.05) is 12.1 Å². The van der Waals surface area contributed by atoms with E-state index in [2.05, 4.69) is 31.9 Å². The Hall–Kier alpha value is -1.69. The van der Waals surface area contributed by atoms with Crippen molar-refractivity contribution in [2.75, 3.05) is 13.1 Å². The van der Waals surface area contributed by atoms with Gasteiger partial charge in [-0.25, -0.2) is 4.98 Å². The number of piperidine rings is 1. The Bertz CT molecular complexity index is 513. The summed E-state index contributed by atoms with van der Waals surface area (Å²) in [4.78, 5) is 8.37. The highest BCUT2D eigenvalue weighted by molar-refractivity contribution is 5.15. The van der Waals surface area contributed by atoms with Gasteiger partial charge in [0, 0.05) is 30.3 Å². The molecular formula is C13H19N5O. The lowest BCUT2D eigenvalue weighted by atomic mass is 9.78. The van der Waals surface area contributed by atoms with Crippen LogP contribution in [0.1, 0.15) is 31.4 Å². The molecule has 0 spiro atoms. The van der Waals surface area contributed by atoms with E-state index in [0.717, 1.165) is 38.9 Å². The van der Waals surface area contributed by atoms with E-state index < -0.39 is 0 Å². The molecule has 6 heteroatoms. The van der Waals surface area contributed by atoms with Crippen molar-refractivity contribution >= 4 is 0 Å². The van der Waals surface area contributed by atoms with Gasteiger partial charge >= 0.3 is 0 Å².